The van der Waals surface area contributed by atoms with Gasteiger partial charge in [0.05, 0.1) is 18.5 Å². The molecule has 0 saturated heterocycles. The molecule has 2 rings (SSSR count). The predicted octanol–water partition coefficient (Wildman–Crippen LogP) is 2.08. The number of fused-ring (bicyclic) bond motifs is 1. The molecule has 0 bridgehead atoms. The molecule has 3 N–H and O–H groups in total. The lowest BCUT2D eigenvalue weighted by molar-refractivity contribution is 0.124. The van der Waals surface area contributed by atoms with Crippen LogP contribution in [0.2, 0.25) is 0 Å². The number of nitrogens with two attached hydrogens (primary N) is 1. The second-order valence-corrected chi connectivity index (χ2v) is 4.96. The third kappa shape index (κ3) is 2.96. The van der Waals surface area contributed by atoms with Gasteiger partial charge in [0.2, 0.25) is 0 Å². The Morgan fingerprint density at radius 3 is 2.90 bits per heavy atom. The minimum Gasteiger partial charge on any atom is -0.391 e. The fraction of sp³-hybridized carbons (Fsp3) is 0.500. The fourth-order valence-electron chi connectivity index (χ4n) is 2.37. The van der Waals surface area contributed by atoms with Crippen LogP contribution in [0.15, 0.2) is 25.3 Å². The van der Waals surface area contributed by atoms with Crippen LogP contribution >= 0.6 is 0 Å². The first-order valence-electron chi connectivity index (χ1n) is 6.87. The van der Waals surface area contributed by atoms with Crippen LogP contribution < -0.4 is 5.73 Å². The number of allylic oxidation sites excluding steroid dienone is 1. The zero-order chi connectivity index (χ0) is 14.5. The normalized spacial score (nSPS) is 14.3. The number of rotatable bonds is 7. The van der Waals surface area contributed by atoms with Gasteiger partial charge in [-0.1, -0.05) is 12.5 Å². The molecule has 0 aliphatic carbocycles. The molecule has 6 heteroatoms. The minimum absolute atomic E-state index is 0.0564. The number of nitrogen functional groups attached to an aromatic ring is 1. The maximum absolute atomic E-state index is 10.0. The minimum atomic E-state index is -0.479. The van der Waals surface area contributed by atoms with E-state index < -0.39 is 6.10 Å². The van der Waals surface area contributed by atoms with E-state index in [2.05, 4.69) is 21.5 Å². The Morgan fingerprint density at radius 1 is 1.40 bits per heavy atom. The Morgan fingerprint density at radius 2 is 2.20 bits per heavy atom. The number of hydrogen-bond donors (Lipinski definition) is 2. The first-order valence-corrected chi connectivity index (χ1v) is 6.87. The summed E-state index contributed by atoms with van der Waals surface area (Å²) in [5.74, 6) is 0.366. The molecule has 2 atom stereocenters. The lowest BCUT2D eigenvalue weighted by atomic mass is 10.0. The molecule has 2 heterocycles. The van der Waals surface area contributed by atoms with Gasteiger partial charge in [-0.25, -0.2) is 15.0 Å². The molecule has 0 fully saturated rings. The number of aliphatic hydroxyl groups is 1. The van der Waals surface area contributed by atoms with E-state index in [0.29, 0.717) is 17.0 Å². The van der Waals surface area contributed by atoms with Gasteiger partial charge in [0.15, 0.2) is 11.5 Å². The van der Waals surface area contributed by atoms with Gasteiger partial charge in [0.1, 0.15) is 11.8 Å². The van der Waals surface area contributed by atoms with E-state index in [4.69, 9.17) is 5.73 Å². The number of unbranched alkanes of at least 4 members (excludes halogenated alkanes) is 2. The summed E-state index contributed by atoms with van der Waals surface area (Å²) < 4.78 is 1.89. The van der Waals surface area contributed by atoms with E-state index in [0.717, 1.165) is 25.7 Å². The van der Waals surface area contributed by atoms with E-state index >= 15 is 0 Å². The fourth-order valence-corrected chi connectivity index (χ4v) is 2.37. The summed E-state index contributed by atoms with van der Waals surface area (Å²) >= 11 is 0. The van der Waals surface area contributed by atoms with Gasteiger partial charge >= 0.3 is 0 Å². The number of aliphatic hydroxyl groups excluding tert-OH is 1. The van der Waals surface area contributed by atoms with Crippen molar-refractivity contribution in [1.82, 2.24) is 19.5 Å². The summed E-state index contributed by atoms with van der Waals surface area (Å²) in [5.41, 5.74) is 7.05. The highest BCUT2D eigenvalue weighted by atomic mass is 16.3. The molecule has 0 aliphatic heterocycles. The van der Waals surface area contributed by atoms with Crippen molar-refractivity contribution in [3.8, 4) is 0 Å². The van der Waals surface area contributed by atoms with Crippen molar-refractivity contribution >= 4 is 17.0 Å². The van der Waals surface area contributed by atoms with Gasteiger partial charge in [-0.3, -0.25) is 0 Å². The topological polar surface area (TPSA) is 89.8 Å². The Labute approximate surface area is 118 Å². The monoisotopic (exact) mass is 275 g/mol. The Kier molecular flexibility index (Phi) is 4.68. The molecule has 0 saturated carbocycles. The van der Waals surface area contributed by atoms with E-state index in [9.17, 15) is 5.11 Å². The van der Waals surface area contributed by atoms with Crippen LogP contribution in [-0.4, -0.2) is 30.7 Å². The van der Waals surface area contributed by atoms with Crippen molar-refractivity contribution in [2.24, 2.45) is 0 Å². The summed E-state index contributed by atoms with van der Waals surface area (Å²) in [7, 11) is 0. The number of imidazole rings is 1. The van der Waals surface area contributed by atoms with Crippen LogP contribution in [0.1, 0.15) is 38.6 Å². The lowest BCUT2D eigenvalue weighted by Gasteiger charge is -2.21. The first-order chi connectivity index (χ1) is 9.65. The number of hydrogen-bond acceptors (Lipinski definition) is 5. The standard InChI is InChI=1S/C14H21N5O/c1-3-4-5-6-7-11(10(2)20)19-9-18-12-13(15)16-8-17-14(12)19/h3,8-11,20H,1,4-7H2,2H3,(H2,15,16,17). The zero-order valence-electron chi connectivity index (χ0n) is 11.7. The molecule has 20 heavy (non-hydrogen) atoms. The highest BCUT2D eigenvalue weighted by Crippen LogP contribution is 2.25. The average molecular weight is 275 g/mol. The summed E-state index contributed by atoms with van der Waals surface area (Å²) in [4.78, 5) is 12.4. The number of aromatic nitrogens is 4. The van der Waals surface area contributed by atoms with Crippen molar-refractivity contribution in [1.29, 1.82) is 0 Å². The summed E-state index contributed by atoms with van der Waals surface area (Å²) in [5, 5.41) is 10.0. The molecule has 2 aromatic heterocycles. The summed E-state index contributed by atoms with van der Waals surface area (Å²) in [6.07, 6.45) is 8.48. The van der Waals surface area contributed by atoms with Crippen LogP contribution in [0, 0.1) is 0 Å². The largest absolute Gasteiger partial charge is 0.391 e. The van der Waals surface area contributed by atoms with Gasteiger partial charge in [0, 0.05) is 0 Å². The lowest BCUT2D eigenvalue weighted by Crippen LogP contribution is -2.21. The van der Waals surface area contributed by atoms with Gasteiger partial charge in [0.25, 0.3) is 0 Å². The van der Waals surface area contributed by atoms with Crippen LogP contribution in [-0.2, 0) is 0 Å². The third-order valence-corrected chi connectivity index (χ3v) is 3.46. The van der Waals surface area contributed by atoms with E-state index in [-0.39, 0.29) is 6.04 Å². The summed E-state index contributed by atoms with van der Waals surface area (Å²) in [6, 6.07) is -0.0564. The number of nitrogens with zero attached hydrogens (tertiary/aromatic N) is 4. The van der Waals surface area contributed by atoms with Gasteiger partial charge in [-0.2, -0.15) is 0 Å². The quantitative estimate of drug-likeness (QED) is 0.596. The van der Waals surface area contributed by atoms with Crippen LogP contribution in [0.25, 0.3) is 11.2 Å². The molecule has 0 aliphatic rings. The highest BCUT2D eigenvalue weighted by Gasteiger charge is 2.20. The van der Waals surface area contributed by atoms with Crippen LogP contribution in [0.4, 0.5) is 5.82 Å². The first kappa shape index (κ1) is 14.5. The molecule has 0 radical (unpaired) electrons. The van der Waals surface area contributed by atoms with Gasteiger partial charge in [-0.05, 0) is 26.2 Å². The SMILES string of the molecule is C=CCCCCC(C(C)O)n1cnc2c(N)ncnc21. The zero-order valence-corrected chi connectivity index (χ0v) is 11.7. The van der Waals surface area contributed by atoms with Crippen molar-refractivity contribution < 1.29 is 5.11 Å². The van der Waals surface area contributed by atoms with Crippen LogP contribution in [0.3, 0.4) is 0 Å². The molecule has 0 spiro atoms. The number of anilines is 1. The van der Waals surface area contributed by atoms with E-state index in [1.807, 2.05) is 10.6 Å². The van der Waals surface area contributed by atoms with E-state index in [1.54, 1.807) is 13.3 Å². The van der Waals surface area contributed by atoms with Crippen molar-refractivity contribution in [2.75, 3.05) is 5.73 Å². The van der Waals surface area contributed by atoms with E-state index in [1.165, 1.54) is 6.33 Å². The molecule has 108 valence electrons. The Hall–Kier alpha value is -1.95. The second kappa shape index (κ2) is 6.47. The maximum atomic E-state index is 10.0. The Bertz CT molecular complexity index is 578. The molecule has 2 unspecified atom stereocenters. The van der Waals surface area contributed by atoms with Crippen molar-refractivity contribution in [2.45, 2.75) is 44.8 Å². The van der Waals surface area contributed by atoms with Crippen molar-refractivity contribution in [3.05, 3.63) is 25.3 Å². The molecular weight excluding hydrogens is 254 g/mol. The smallest absolute Gasteiger partial charge is 0.165 e. The predicted molar refractivity (Wildman–Crippen MR) is 79.1 cm³/mol. The molecule has 0 aromatic carbocycles. The molecule has 0 amide bonds. The Balaban J connectivity index is 2.23. The van der Waals surface area contributed by atoms with Crippen LogP contribution in [0.5, 0.6) is 0 Å². The third-order valence-electron chi connectivity index (χ3n) is 3.46. The average Bonchev–Trinajstić information content (AvgIpc) is 2.84. The van der Waals surface area contributed by atoms with Crippen molar-refractivity contribution in [3.63, 3.8) is 0 Å². The van der Waals surface area contributed by atoms with Gasteiger partial charge < -0.3 is 15.4 Å². The summed E-state index contributed by atoms with van der Waals surface area (Å²) in [6.45, 7) is 5.50. The maximum Gasteiger partial charge on any atom is 0.165 e. The second-order valence-electron chi connectivity index (χ2n) is 4.96. The van der Waals surface area contributed by atoms with Gasteiger partial charge in [-0.15, -0.1) is 6.58 Å². The molecule has 2 aromatic rings. The molecule has 6 nitrogen and oxygen atoms in total. The highest BCUT2D eigenvalue weighted by molar-refractivity contribution is 5.81. The molecular formula is C14H21N5O.